The van der Waals surface area contributed by atoms with Gasteiger partial charge in [0.15, 0.2) is 0 Å². The highest BCUT2D eigenvalue weighted by atomic mass is 15.1. The van der Waals surface area contributed by atoms with Gasteiger partial charge in [-0.05, 0) is 32.7 Å². The van der Waals surface area contributed by atoms with Crippen LogP contribution in [0.15, 0.2) is 0 Å². The van der Waals surface area contributed by atoms with Crippen LogP contribution in [0, 0.1) is 5.92 Å². The Morgan fingerprint density at radius 3 is 2.55 bits per heavy atom. The zero-order valence-electron chi connectivity index (χ0n) is 7.71. The van der Waals surface area contributed by atoms with E-state index in [0.717, 1.165) is 12.5 Å². The average molecular weight is 156 g/mol. The number of likely N-dealkylation sites (N-methyl/N-ethyl adjacent to an activating group) is 1. The summed E-state index contributed by atoms with van der Waals surface area (Å²) in [6.45, 7) is 4.22. The highest BCUT2D eigenvalue weighted by molar-refractivity contribution is 4.74. The molecule has 0 saturated heterocycles. The maximum Gasteiger partial charge on any atom is 0.0187 e. The summed E-state index contributed by atoms with van der Waals surface area (Å²) in [6.07, 6.45) is 4.30. The van der Waals surface area contributed by atoms with Gasteiger partial charge in [0.2, 0.25) is 0 Å². The normalized spacial score (nSPS) is 21.8. The Morgan fingerprint density at radius 1 is 1.55 bits per heavy atom. The molecule has 0 radical (unpaired) electrons. The van der Waals surface area contributed by atoms with Crippen molar-refractivity contribution in [3.63, 3.8) is 0 Å². The summed E-state index contributed by atoms with van der Waals surface area (Å²) in [5.41, 5.74) is 5.57. The Kier molecular flexibility index (Phi) is 3.34. The highest BCUT2D eigenvalue weighted by Crippen LogP contribution is 2.26. The molecule has 1 atom stereocenters. The third-order valence-electron chi connectivity index (χ3n) is 2.86. The van der Waals surface area contributed by atoms with Gasteiger partial charge in [-0.2, -0.15) is 0 Å². The standard InChI is InChI=1S/C9H20N2/c1-8(6-10)11(2)7-9-4-3-5-9/h8-9H,3-7,10H2,1-2H3. The van der Waals surface area contributed by atoms with E-state index < -0.39 is 0 Å². The minimum absolute atomic E-state index is 0.551. The van der Waals surface area contributed by atoms with Crippen molar-refractivity contribution in [3.05, 3.63) is 0 Å². The lowest BCUT2D eigenvalue weighted by Crippen LogP contribution is -2.39. The van der Waals surface area contributed by atoms with Gasteiger partial charge in [-0.1, -0.05) is 6.42 Å². The van der Waals surface area contributed by atoms with Gasteiger partial charge in [0.25, 0.3) is 0 Å². The molecule has 0 spiro atoms. The zero-order valence-corrected chi connectivity index (χ0v) is 7.71. The van der Waals surface area contributed by atoms with Gasteiger partial charge < -0.3 is 10.6 Å². The SMILES string of the molecule is CC(CN)N(C)CC1CCC1. The maximum atomic E-state index is 5.57. The molecule has 11 heavy (non-hydrogen) atoms. The van der Waals surface area contributed by atoms with E-state index in [-0.39, 0.29) is 0 Å². The summed E-state index contributed by atoms with van der Waals surface area (Å²) < 4.78 is 0. The molecule has 2 N–H and O–H groups in total. The van der Waals surface area contributed by atoms with E-state index >= 15 is 0 Å². The van der Waals surface area contributed by atoms with E-state index in [2.05, 4.69) is 18.9 Å². The summed E-state index contributed by atoms with van der Waals surface area (Å²) in [7, 11) is 2.18. The first-order chi connectivity index (χ1) is 5.24. The van der Waals surface area contributed by atoms with Crippen molar-refractivity contribution in [2.45, 2.75) is 32.2 Å². The van der Waals surface area contributed by atoms with Gasteiger partial charge in [-0.25, -0.2) is 0 Å². The minimum atomic E-state index is 0.551. The monoisotopic (exact) mass is 156 g/mol. The molecular weight excluding hydrogens is 136 g/mol. The van der Waals surface area contributed by atoms with E-state index in [0.29, 0.717) is 6.04 Å². The third kappa shape index (κ3) is 2.46. The molecule has 1 unspecified atom stereocenters. The quantitative estimate of drug-likeness (QED) is 0.659. The van der Waals surface area contributed by atoms with Crippen LogP contribution in [0.4, 0.5) is 0 Å². The predicted octanol–water partition coefficient (Wildman–Crippen LogP) is 1.07. The third-order valence-corrected chi connectivity index (χ3v) is 2.86. The molecule has 66 valence electrons. The molecule has 0 bridgehead atoms. The Hall–Kier alpha value is -0.0800. The molecule has 1 aliphatic carbocycles. The number of hydrogen-bond donors (Lipinski definition) is 1. The second-order valence-electron chi connectivity index (χ2n) is 3.82. The summed E-state index contributed by atoms with van der Waals surface area (Å²) in [5.74, 6) is 0.967. The van der Waals surface area contributed by atoms with Gasteiger partial charge in [0.1, 0.15) is 0 Å². The first-order valence-electron chi connectivity index (χ1n) is 4.64. The molecule has 1 rings (SSSR count). The first-order valence-corrected chi connectivity index (χ1v) is 4.64. The molecule has 0 amide bonds. The number of nitrogens with two attached hydrogens (primary N) is 1. The largest absolute Gasteiger partial charge is 0.329 e. The van der Waals surface area contributed by atoms with Crippen molar-refractivity contribution >= 4 is 0 Å². The fourth-order valence-electron chi connectivity index (χ4n) is 1.44. The van der Waals surface area contributed by atoms with Gasteiger partial charge in [0, 0.05) is 19.1 Å². The molecule has 1 aliphatic rings. The predicted molar refractivity (Wildman–Crippen MR) is 48.5 cm³/mol. The second-order valence-corrected chi connectivity index (χ2v) is 3.82. The number of hydrogen-bond acceptors (Lipinski definition) is 2. The van der Waals surface area contributed by atoms with Crippen LogP contribution in [-0.2, 0) is 0 Å². The van der Waals surface area contributed by atoms with Gasteiger partial charge in [-0.3, -0.25) is 0 Å². The summed E-state index contributed by atoms with van der Waals surface area (Å²) >= 11 is 0. The molecule has 1 fully saturated rings. The van der Waals surface area contributed by atoms with Gasteiger partial charge >= 0.3 is 0 Å². The lowest BCUT2D eigenvalue weighted by molar-refractivity contribution is 0.172. The van der Waals surface area contributed by atoms with Crippen LogP contribution in [0.3, 0.4) is 0 Å². The lowest BCUT2D eigenvalue weighted by Gasteiger charge is -2.32. The van der Waals surface area contributed by atoms with Crippen LogP contribution < -0.4 is 5.73 Å². The van der Waals surface area contributed by atoms with Crippen molar-refractivity contribution in [1.29, 1.82) is 0 Å². The topological polar surface area (TPSA) is 29.3 Å². The van der Waals surface area contributed by atoms with Crippen LogP contribution in [0.1, 0.15) is 26.2 Å². The van der Waals surface area contributed by atoms with E-state index in [1.165, 1.54) is 25.8 Å². The second kappa shape index (κ2) is 4.07. The number of nitrogens with zero attached hydrogens (tertiary/aromatic N) is 1. The molecule has 0 heterocycles. The summed E-state index contributed by atoms with van der Waals surface area (Å²) in [4.78, 5) is 2.38. The molecule has 0 aromatic rings. The van der Waals surface area contributed by atoms with E-state index in [1.54, 1.807) is 0 Å². The van der Waals surface area contributed by atoms with Crippen LogP contribution in [0.5, 0.6) is 0 Å². The molecule has 0 aromatic heterocycles. The van der Waals surface area contributed by atoms with Crippen molar-refractivity contribution in [2.24, 2.45) is 11.7 Å². The van der Waals surface area contributed by atoms with E-state index in [4.69, 9.17) is 5.73 Å². The first kappa shape index (κ1) is 9.01. The Morgan fingerprint density at radius 2 is 2.18 bits per heavy atom. The molecular formula is C9H20N2. The van der Waals surface area contributed by atoms with Gasteiger partial charge in [-0.15, -0.1) is 0 Å². The minimum Gasteiger partial charge on any atom is -0.329 e. The van der Waals surface area contributed by atoms with Crippen LogP contribution in [0.2, 0.25) is 0 Å². The Balaban J connectivity index is 2.13. The Bertz CT molecular complexity index is 110. The molecule has 0 aromatic carbocycles. The van der Waals surface area contributed by atoms with Crippen molar-refractivity contribution < 1.29 is 0 Å². The van der Waals surface area contributed by atoms with Crippen molar-refractivity contribution in [3.8, 4) is 0 Å². The molecule has 0 aliphatic heterocycles. The highest BCUT2D eigenvalue weighted by Gasteiger charge is 2.20. The van der Waals surface area contributed by atoms with Crippen LogP contribution >= 0.6 is 0 Å². The summed E-state index contributed by atoms with van der Waals surface area (Å²) in [6, 6.07) is 0.551. The zero-order chi connectivity index (χ0) is 8.27. The molecule has 1 saturated carbocycles. The number of rotatable bonds is 4. The fourth-order valence-corrected chi connectivity index (χ4v) is 1.44. The lowest BCUT2D eigenvalue weighted by atomic mass is 9.85. The summed E-state index contributed by atoms with van der Waals surface area (Å²) in [5, 5.41) is 0. The van der Waals surface area contributed by atoms with Crippen LogP contribution in [0.25, 0.3) is 0 Å². The molecule has 2 heteroatoms. The molecule has 2 nitrogen and oxygen atoms in total. The maximum absolute atomic E-state index is 5.57. The van der Waals surface area contributed by atoms with Crippen molar-refractivity contribution in [1.82, 2.24) is 4.90 Å². The smallest absolute Gasteiger partial charge is 0.0187 e. The van der Waals surface area contributed by atoms with Crippen LogP contribution in [-0.4, -0.2) is 31.1 Å². The van der Waals surface area contributed by atoms with E-state index in [1.807, 2.05) is 0 Å². The fraction of sp³-hybridized carbons (Fsp3) is 1.00. The average Bonchev–Trinajstić information content (AvgIpc) is 1.94. The van der Waals surface area contributed by atoms with E-state index in [9.17, 15) is 0 Å². The Labute approximate surface area is 69.8 Å². The van der Waals surface area contributed by atoms with Crippen molar-refractivity contribution in [2.75, 3.05) is 20.1 Å². The van der Waals surface area contributed by atoms with Gasteiger partial charge in [0.05, 0.1) is 0 Å².